The molecular formula is C8H6F3O2. The van der Waals surface area contributed by atoms with Crippen molar-refractivity contribution in [1.29, 1.82) is 0 Å². The maximum atomic E-state index is 11.6. The van der Waals surface area contributed by atoms with Gasteiger partial charge in [0.05, 0.1) is 0 Å². The highest BCUT2D eigenvalue weighted by atomic mass is 19.4. The number of aliphatic hydroxyl groups is 1. The summed E-state index contributed by atoms with van der Waals surface area (Å²) in [5, 5.41) is 8.47. The molecule has 0 bridgehead atoms. The lowest BCUT2D eigenvalue weighted by molar-refractivity contribution is -0.274. The summed E-state index contributed by atoms with van der Waals surface area (Å²) in [5.41, 5.74) is 0.412. The summed E-state index contributed by atoms with van der Waals surface area (Å²) < 4.78 is 38.5. The standard InChI is InChI=1S/C8H6F3O2/c9-8(10,11)13-7-3-1-6(5-12)2-4-7/h1-5,12H. The number of aliphatic hydroxyl groups excluding tert-OH is 1. The van der Waals surface area contributed by atoms with Gasteiger partial charge in [0.25, 0.3) is 0 Å². The Hall–Kier alpha value is -1.23. The third-order valence-corrected chi connectivity index (χ3v) is 1.26. The van der Waals surface area contributed by atoms with Gasteiger partial charge in [-0.15, -0.1) is 13.2 Å². The maximum absolute atomic E-state index is 11.6. The number of hydrogen-bond donors (Lipinski definition) is 1. The minimum atomic E-state index is -4.68. The molecule has 0 unspecified atom stereocenters. The molecular weight excluding hydrogens is 185 g/mol. The smallest absolute Gasteiger partial charge is 0.406 e. The van der Waals surface area contributed by atoms with Gasteiger partial charge in [0.1, 0.15) is 12.4 Å². The minimum Gasteiger partial charge on any atom is -0.406 e. The number of hydrogen-bond acceptors (Lipinski definition) is 2. The van der Waals surface area contributed by atoms with Crippen LogP contribution in [0.4, 0.5) is 13.2 Å². The van der Waals surface area contributed by atoms with Gasteiger partial charge in [0.15, 0.2) is 0 Å². The lowest BCUT2D eigenvalue weighted by atomic mass is 10.2. The van der Waals surface area contributed by atoms with Gasteiger partial charge in [-0.1, -0.05) is 12.1 Å². The van der Waals surface area contributed by atoms with Crippen LogP contribution in [-0.4, -0.2) is 11.5 Å². The van der Waals surface area contributed by atoms with Crippen molar-refractivity contribution in [2.45, 2.75) is 6.36 Å². The van der Waals surface area contributed by atoms with Crippen molar-refractivity contribution in [2.75, 3.05) is 0 Å². The van der Waals surface area contributed by atoms with Crippen LogP contribution >= 0.6 is 0 Å². The molecule has 1 radical (unpaired) electrons. The molecule has 0 spiro atoms. The predicted octanol–water partition coefficient (Wildman–Crippen LogP) is 2.47. The Labute approximate surface area is 72.6 Å². The summed E-state index contributed by atoms with van der Waals surface area (Å²) in [6.07, 6.45) is -4.68. The van der Waals surface area contributed by atoms with Crippen molar-refractivity contribution in [3.05, 3.63) is 36.4 Å². The number of alkyl halides is 3. The van der Waals surface area contributed by atoms with Crippen LogP contribution in [0.3, 0.4) is 0 Å². The Bertz CT molecular complexity index is 266. The fraction of sp³-hybridized carbons (Fsp3) is 0.125. The van der Waals surface area contributed by atoms with Gasteiger partial charge in [0.2, 0.25) is 0 Å². The van der Waals surface area contributed by atoms with Crippen LogP contribution in [0.25, 0.3) is 0 Å². The molecule has 13 heavy (non-hydrogen) atoms. The molecule has 71 valence electrons. The van der Waals surface area contributed by atoms with Crippen LogP contribution in [-0.2, 0) is 0 Å². The van der Waals surface area contributed by atoms with Crippen molar-refractivity contribution in [3.63, 3.8) is 0 Å². The topological polar surface area (TPSA) is 29.5 Å². The van der Waals surface area contributed by atoms with Gasteiger partial charge in [-0.2, -0.15) is 0 Å². The van der Waals surface area contributed by atoms with Crippen molar-refractivity contribution in [3.8, 4) is 5.75 Å². The zero-order valence-electron chi connectivity index (χ0n) is 6.38. The number of ether oxygens (including phenoxy) is 1. The molecule has 1 aromatic carbocycles. The maximum Gasteiger partial charge on any atom is 0.573 e. The lowest BCUT2D eigenvalue weighted by Crippen LogP contribution is -2.16. The first-order valence-electron chi connectivity index (χ1n) is 3.34. The van der Waals surface area contributed by atoms with Gasteiger partial charge >= 0.3 is 6.36 Å². The van der Waals surface area contributed by atoms with E-state index in [1.54, 1.807) is 0 Å². The van der Waals surface area contributed by atoms with E-state index in [9.17, 15) is 13.2 Å². The Kier molecular flexibility index (Phi) is 2.77. The summed E-state index contributed by atoms with van der Waals surface area (Å²) in [6.45, 7) is 0.789. The Morgan fingerprint density at radius 1 is 1.15 bits per heavy atom. The fourth-order valence-electron chi connectivity index (χ4n) is 0.756. The van der Waals surface area contributed by atoms with E-state index in [0.717, 1.165) is 18.7 Å². The molecule has 0 aliphatic carbocycles. The van der Waals surface area contributed by atoms with E-state index >= 15 is 0 Å². The Morgan fingerprint density at radius 3 is 2.08 bits per heavy atom. The summed E-state index contributed by atoms with van der Waals surface area (Å²) >= 11 is 0. The molecule has 0 aromatic heterocycles. The van der Waals surface area contributed by atoms with E-state index in [0.29, 0.717) is 5.56 Å². The Balaban J connectivity index is 2.70. The Morgan fingerprint density at radius 2 is 1.69 bits per heavy atom. The van der Waals surface area contributed by atoms with E-state index in [2.05, 4.69) is 4.74 Å². The molecule has 1 rings (SSSR count). The quantitative estimate of drug-likeness (QED) is 0.777. The second-order valence-corrected chi connectivity index (χ2v) is 2.25. The molecule has 2 nitrogen and oxygen atoms in total. The molecule has 1 N–H and O–H groups in total. The van der Waals surface area contributed by atoms with Crippen LogP contribution in [0.1, 0.15) is 5.56 Å². The first-order valence-corrected chi connectivity index (χ1v) is 3.34. The molecule has 5 heteroatoms. The van der Waals surface area contributed by atoms with E-state index in [1.807, 2.05) is 0 Å². The molecule has 0 atom stereocenters. The van der Waals surface area contributed by atoms with Gasteiger partial charge in [-0.05, 0) is 17.7 Å². The lowest BCUT2D eigenvalue weighted by Gasteiger charge is -2.08. The molecule has 0 amide bonds. The van der Waals surface area contributed by atoms with Crippen LogP contribution in [0.15, 0.2) is 24.3 Å². The summed E-state index contributed by atoms with van der Waals surface area (Å²) in [4.78, 5) is 0. The van der Waals surface area contributed by atoms with Gasteiger partial charge < -0.3 is 9.84 Å². The largest absolute Gasteiger partial charge is 0.573 e. The number of rotatable bonds is 2. The average Bonchev–Trinajstić information content (AvgIpc) is 2.03. The molecule has 0 saturated carbocycles. The number of benzene rings is 1. The highest BCUT2D eigenvalue weighted by molar-refractivity contribution is 5.29. The highest BCUT2D eigenvalue weighted by Gasteiger charge is 2.30. The van der Waals surface area contributed by atoms with Crippen molar-refractivity contribution in [2.24, 2.45) is 0 Å². The van der Waals surface area contributed by atoms with E-state index < -0.39 is 6.36 Å². The SMILES string of the molecule is O[CH]c1ccc(OC(F)(F)F)cc1. The first-order chi connectivity index (χ1) is 6.01. The van der Waals surface area contributed by atoms with Gasteiger partial charge in [-0.25, -0.2) is 0 Å². The summed E-state index contributed by atoms with van der Waals surface area (Å²) in [7, 11) is 0. The summed E-state index contributed by atoms with van der Waals surface area (Å²) in [6, 6.07) is 4.85. The molecule has 0 fully saturated rings. The van der Waals surface area contributed by atoms with Gasteiger partial charge in [-0.3, -0.25) is 0 Å². The third-order valence-electron chi connectivity index (χ3n) is 1.26. The molecule has 0 heterocycles. The van der Waals surface area contributed by atoms with Crippen molar-refractivity contribution >= 4 is 0 Å². The van der Waals surface area contributed by atoms with E-state index in [4.69, 9.17) is 5.11 Å². The first kappa shape index (κ1) is 9.85. The summed E-state index contributed by atoms with van der Waals surface area (Å²) in [5.74, 6) is -0.307. The monoisotopic (exact) mass is 191 g/mol. The fourth-order valence-corrected chi connectivity index (χ4v) is 0.756. The zero-order chi connectivity index (χ0) is 9.90. The predicted molar refractivity (Wildman–Crippen MR) is 38.5 cm³/mol. The van der Waals surface area contributed by atoms with Crippen LogP contribution in [0.2, 0.25) is 0 Å². The molecule has 1 aromatic rings. The van der Waals surface area contributed by atoms with Crippen molar-refractivity contribution in [1.82, 2.24) is 0 Å². The third kappa shape index (κ3) is 3.33. The normalized spacial score (nSPS) is 11.4. The van der Waals surface area contributed by atoms with Crippen molar-refractivity contribution < 1.29 is 23.0 Å². The van der Waals surface area contributed by atoms with Crippen LogP contribution in [0, 0.1) is 6.61 Å². The van der Waals surface area contributed by atoms with E-state index in [-0.39, 0.29) is 5.75 Å². The van der Waals surface area contributed by atoms with E-state index in [1.165, 1.54) is 12.1 Å². The highest BCUT2D eigenvalue weighted by Crippen LogP contribution is 2.22. The average molecular weight is 191 g/mol. The molecule has 0 aliphatic rings. The zero-order valence-corrected chi connectivity index (χ0v) is 6.38. The second-order valence-electron chi connectivity index (χ2n) is 2.25. The number of halogens is 3. The van der Waals surface area contributed by atoms with Crippen LogP contribution < -0.4 is 4.74 Å². The molecule has 0 aliphatic heterocycles. The van der Waals surface area contributed by atoms with Gasteiger partial charge in [0, 0.05) is 0 Å². The molecule has 0 saturated heterocycles. The minimum absolute atomic E-state index is 0.307. The second kappa shape index (κ2) is 3.66. The van der Waals surface area contributed by atoms with Crippen LogP contribution in [0.5, 0.6) is 5.75 Å².